The Morgan fingerprint density at radius 3 is 2.77 bits per heavy atom. The van der Waals surface area contributed by atoms with Crippen LogP contribution in [-0.4, -0.2) is 19.6 Å². The molecule has 0 aliphatic heterocycles. The number of halogens is 4. The molecule has 0 saturated carbocycles. The van der Waals surface area contributed by atoms with Gasteiger partial charge in [-0.25, -0.2) is 4.39 Å². The molecule has 138 valence electrons. The zero-order valence-electron chi connectivity index (χ0n) is 13.6. The van der Waals surface area contributed by atoms with E-state index in [4.69, 9.17) is 4.74 Å². The van der Waals surface area contributed by atoms with Crippen molar-refractivity contribution in [1.82, 2.24) is 5.32 Å². The van der Waals surface area contributed by atoms with E-state index < -0.39 is 18.3 Å². The number of hydrogen-bond donors (Lipinski definition) is 1. The van der Waals surface area contributed by atoms with Gasteiger partial charge in [0.05, 0.1) is 7.11 Å². The molecule has 0 saturated heterocycles. The Hall–Kier alpha value is -2.48. The summed E-state index contributed by atoms with van der Waals surface area (Å²) in [4.78, 5) is 11.9. The molecule has 2 aromatic carbocycles. The van der Waals surface area contributed by atoms with Crippen molar-refractivity contribution in [3.05, 3.63) is 63.9 Å². The minimum Gasteiger partial charge on any atom is -0.493 e. The number of hydrogen-bond acceptors (Lipinski definition) is 3. The molecule has 2 aromatic rings. The van der Waals surface area contributed by atoms with E-state index in [-0.39, 0.29) is 23.6 Å². The van der Waals surface area contributed by atoms with Crippen molar-refractivity contribution in [2.45, 2.75) is 13.2 Å². The van der Waals surface area contributed by atoms with Gasteiger partial charge in [0.25, 0.3) is 0 Å². The van der Waals surface area contributed by atoms with E-state index in [1.807, 2.05) is 0 Å². The zero-order chi connectivity index (χ0) is 19.1. The highest BCUT2D eigenvalue weighted by molar-refractivity contribution is 9.10. The molecule has 0 heterocycles. The lowest BCUT2D eigenvalue weighted by molar-refractivity contribution is -0.116. The molecule has 0 fully saturated rings. The lowest BCUT2D eigenvalue weighted by Crippen LogP contribution is -2.20. The number of amides is 1. The lowest BCUT2D eigenvalue weighted by Gasteiger charge is -2.12. The molecule has 0 radical (unpaired) electrons. The van der Waals surface area contributed by atoms with Gasteiger partial charge in [0.15, 0.2) is 11.5 Å². The SMILES string of the molecule is COc1cccc(C=CC(=O)NCc2cc(F)ccc2Br)c1OC(F)F. The van der Waals surface area contributed by atoms with E-state index in [1.54, 1.807) is 6.07 Å². The summed E-state index contributed by atoms with van der Waals surface area (Å²) in [5, 5.41) is 2.58. The maximum atomic E-state index is 13.2. The van der Waals surface area contributed by atoms with Crippen molar-refractivity contribution in [2.24, 2.45) is 0 Å². The predicted octanol–water partition coefficient (Wildman–Crippen LogP) is 4.53. The van der Waals surface area contributed by atoms with Crippen LogP contribution in [0.5, 0.6) is 11.5 Å². The minimum absolute atomic E-state index is 0.0972. The van der Waals surface area contributed by atoms with Gasteiger partial charge in [0.1, 0.15) is 5.82 Å². The highest BCUT2D eigenvalue weighted by Crippen LogP contribution is 2.33. The van der Waals surface area contributed by atoms with E-state index in [0.717, 1.165) is 0 Å². The Balaban J connectivity index is 2.09. The van der Waals surface area contributed by atoms with Crippen LogP contribution >= 0.6 is 15.9 Å². The normalized spacial score (nSPS) is 11.0. The summed E-state index contributed by atoms with van der Waals surface area (Å²) in [6, 6.07) is 8.69. The van der Waals surface area contributed by atoms with Crippen LogP contribution < -0.4 is 14.8 Å². The quantitative estimate of drug-likeness (QED) is 0.657. The minimum atomic E-state index is -3.03. The molecule has 2 rings (SSSR count). The molecule has 26 heavy (non-hydrogen) atoms. The summed E-state index contributed by atoms with van der Waals surface area (Å²) in [5.74, 6) is -0.941. The van der Waals surface area contributed by atoms with Crippen LogP contribution in [0.2, 0.25) is 0 Å². The van der Waals surface area contributed by atoms with Gasteiger partial charge in [-0.1, -0.05) is 28.1 Å². The Morgan fingerprint density at radius 1 is 1.31 bits per heavy atom. The molecule has 1 amide bonds. The summed E-state index contributed by atoms with van der Waals surface area (Å²) in [6.45, 7) is -2.93. The fourth-order valence-corrected chi connectivity index (χ4v) is 2.51. The maximum Gasteiger partial charge on any atom is 0.387 e. The summed E-state index contributed by atoms with van der Waals surface area (Å²) < 4.78 is 48.5. The summed E-state index contributed by atoms with van der Waals surface area (Å²) in [5.41, 5.74) is 0.821. The predicted molar refractivity (Wildman–Crippen MR) is 94.6 cm³/mol. The number of nitrogens with one attached hydrogen (secondary N) is 1. The van der Waals surface area contributed by atoms with Gasteiger partial charge in [0.2, 0.25) is 5.91 Å². The Labute approximate surface area is 156 Å². The van der Waals surface area contributed by atoms with Crippen LogP contribution in [0.4, 0.5) is 13.2 Å². The van der Waals surface area contributed by atoms with E-state index in [2.05, 4.69) is 26.0 Å². The van der Waals surface area contributed by atoms with Crippen molar-refractivity contribution >= 4 is 27.9 Å². The summed E-state index contributed by atoms with van der Waals surface area (Å²) in [7, 11) is 1.32. The van der Waals surface area contributed by atoms with Crippen LogP contribution in [0.1, 0.15) is 11.1 Å². The smallest absolute Gasteiger partial charge is 0.387 e. The van der Waals surface area contributed by atoms with Gasteiger partial charge in [-0.2, -0.15) is 8.78 Å². The average molecular weight is 430 g/mol. The second kappa shape index (κ2) is 9.28. The first kappa shape index (κ1) is 19.8. The number of alkyl halides is 2. The molecule has 0 unspecified atom stereocenters. The van der Waals surface area contributed by atoms with Crippen molar-refractivity contribution in [2.75, 3.05) is 7.11 Å². The van der Waals surface area contributed by atoms with Crippen LogP contribution in [0.3, 0.4) is 0 Å². The third kappa shape index (κ3) is 5.52. The van der Waals surface area contributed by atoms with Crippen LogP contribution in [0, 0.1) is 5.82 Å². The molecule has 0 aliphatic carbocycles. The molecular formula is C18H15BrF3NO3. The van der Waals surface area contributed by atoms with Crippen molar-refractivity contribution in [1.29, 1.82) is 0 Å². The second-order valence-electron chi connectivity index (χ2n) is 5.04. The topological polar surface area (TPSA) is 47.6 Å². The van der Waals surface area contributed by atoms with E-state index >= 15 is 0 Å². The standard InChI is InChI=1S/C18H15BrF3NO3/c1-25-15-4-2-3-11(17(15)26-18(21)22)5-8-16(24)23-10-12-9-13(20)6-7-14(12)19/h2-9,18H,10H2,1H3,(H,23,24). The summed E-state index contributed by atoms with van der Waals surface area (Å²) >= 11 is 3.27. The number of rotatable bonds is 7. The molecule has 0 bridgehead atoms. The molecule has 8 heteroatoms. The zero-order valence-corrected chi connectivity index (χ0v) is 15.2. The molecule has 4 nitrogen and oxygen atoms in total. The fraction of sp³-hybridized carbons (Fsp3) is 0.167. The van der Waals surface area contributed by atoms with Gasteiger partial charge < -0.3 is 14.8 Å². The van der Waals surface area contributed by atoms with Crippen molar-refractivity contribution in [3.63, 3.8) is 0 Å². The Bertz CT molecular complexity index is 812. The van der Waals surface area contributed by atoms with Gasteiger partial charge >= 0.3 is 6.61 Å². The van der Waals surface area contributed by atoms with E-state index in [9.17, 15) is 18.0 Å². The first-order valence-corrected chi connectivity index (χ1v) is 8.21. The number of methoxy groups -OCH3 is 1. The molecule has 0 aliphatic rings. The fourth-order valence-electron chi connectivity index (χ4n) is 2.13. The average Bonchev–Trinajstić information content (AvgIpc) is 2.61. The van der Waals surface area contributed by atoms with Gasteiger partial charge in [-0.05, 0) is 35.9 Å². The van der Waals surface area contributed by atoms with Gasteiger partial charge in [-0.15, -0.1) is 0 Å². The molecular weight excluding hydrogens is 415 g/mol. The first-order valence-electron chi connectivity index (χ1n) is 7.42. The first-order chi connectivity index (χ1) is 12.4. The Kier molecular flexibility index (Phi) is 7.08. The second-order valence-corrected chi connectivity index (χ2v) is 5.90. The lowest BCUT2D eigenvalue weighted by atomic mass is 10.1. The van der Waals surface area contributed by atoms with Crippen LogP contribution in [0.25, 0.3) is 6.08 Å². The number of benzene rings is 2. The van der Waals surface area contributed by atoms with Crippen LogP contribution in [-0.2, 0) is 11.3 Å². The number of ether oxygens (including phenoxy) is 2. The molecule has 0 atom stereocenters. The molecule has 0 spiro atoms. The number of para-hydroxylation sites is 1. The maximum absolute atomic E-state index is 13.2. The van der Waals surface area contributed by atoms with Crippen molar-refractivity contribution in [3.8, 4) is 11.5 Å². The van der Waals surface area contributed by atoms with Gasteiger partial charge in [0, 0.05) is 22.7 Å². The number of carbonyl (C=O) groups is 1. The largest absolute Gasteiger partial charge is 0.493 e. The highest BCUT2D eigenvalue weighted by atomic mass is 79.9. The summed E-state index contributed by atoms with van der Waals surface area (Å²) in [6.07, 6.45) is 2.50. The molecule has 0 aromatic heterocycles. The highest BCUT2D eigenvalue weighted by Gasteiger charge is 2.14. The molecule has 1 N–H and O–H groups in total. The number of carbonyl (C=O) groups excluding carboxylic acids is 1. The third-order valence-corrected chi connectivity index (χ3v) is 4.08. The van der Waals surface area contributed by atoms with Crippen molar-refractivity contribution < 1.29 is 27.4 Å². The van der Waals surface area contributed by atoms with E-state index in [0.29, 0.717) is 10.0 Å². The monoisotopic (exact) mass is 429 g/mol. The third-order valence-electron chi connectivity index (χ3n) is 3.31. The van der Waals surface area contributed by atoms with Crippen LogP contribution in [0.15, 0.2) is 46.9 Å². The Morgan fingerprint density at radius 2 is 2.08 bits per heavy atom. The van der Waals surface area contributed by atoms with Gasteiger partial charge in [-0.3, -0.25) is 4.79 Å². The van der Waals surface area contributed by atoms with E-state index in [1.165, 1.54) is 49.6 Å².